The fourth-order valence-electron chi connectivity index (χ4n) is 3.80. The van der Waals surface area contributed by atoms with E-state index in [0.29, 0.717) is 21.0 Å². The predicted octanol–water partition coefficient (Wildman–Crippen LogP) is 8.23. The summed E-state index contributed by atoms with van der Waals surface area (Å²) in [6, 6.07) is 17.5. The van der Waals surface area contributed by atoms with Gasteiger partial charge in [0.2, 0.25) is 10.3 Å². The minimum atomic E-state index is -0.354. The van der Waals surface area contributed by atoms with Crippen molar-refractivity contribution in [3.8, 4) is 32.8 Å². The van der Waals surface area contributed by atoms with Gasteiger partial charge >= 0.3 is 0 Å². The van der Waals surface area contributed by atoms with Gasteiger partial charge in [0, 0.05) is 23.2 Å². The second-order valence-corrected chi connectivity index (χ2v) is 10.1. The Morgan fingerprint density at radius 2 is 0.947 bits per heavy atom. The van der Waals surface area contributed by atoms with E-state index in [-0.39, 0.29) is 34.4 Å². The number of hydrogen-bond acceptors (Lipinski definition) is 12. The normalized spacial score (nSPS) is 11.9. The molecule has 0 atom stereocenters. The van der Waals surface area contributed by atoms with Crippen molar-refractivity contribution in [2.45, 2.75) is 0 Å². The van der Waals surface area contributed by atoms with Crippen LogP contribution < -0.4 is 0 Å². The van der Waals surface area contributed by atoms with E-state index in [1.165, 1.54) is 22.7 Å². The number of aromatic hydroxyl groups is 4. The van der Waals surface area contributed by atoms with Crippen LogP contribution in [-0.4, -0.2) is 30.4 Å². The Balaban J connectivity index is 1.22. The molecule has 0 radical (unpaired) electrons. The third kappa shape index (κ3) is 4.27. The molecule has 0 aliphatic rings. The summed E-state index contributed by atoms with van der Waals surface area (Å²) in [5.74, 6) is -1.22. The summed E-state index contributed by atoms with van der Waals surface area (Å²) in [7, 11) is 0. The molecule has 6 rings (SSSR count). The van der Waals surface area contributed by atoms with Crippen molar-refractivity contribution < 1.29 is 20.4 Å². The molecule has 186 valence electrons. The minimum absolute atomic E-state index is 0.126. The maximum atomic E-state index is 10.3. The lowest BCUT2D eigenvalue weighted by atomic mass is 10.1. The van der Waals surface area contributed by atoms with E-state index in [9.17, 15) is 20.4 Å². The topological polar surface area (TPSA) is 156 Å². The third-order valence-electron chi connectivity index (χ3n) is 5.67. The first-order chi connectivity index (χ1) is 18.5. The molecule has 12 heteroatoms. The van der Waals surface area contributed by atoms with Crippen molar-refractivity contribution in [1.29, 1.82) is 0 Å². The van der Waals surface area contributed by atoms with Gasteiger partial charge in [0.05, 0.1) is 9.75 Å². The molecule has 10 nitrogen and oxygen atoms in total. The van der Waals surface area contributed by atoms with E-state index in [1.54, 1.807) is 60.9 Å². The van der Waals surface area contributed by atoms with Gasteiger partial charge in [0.15, 0.2) is 23.0 Å². The van der Waals surface area contributed by atoms with Crippen LogP contribution in [0.25, 0.3) is 31.3 Å². The first-order valence-corrected chi connectivity index (χ1v) is 12.7. The summed E-state index contributed by atoms with van der Waals surface area (Å²) in [6.07, 6.45) is 3.25. The van der Waals surface area contributed by atoms with E-state index in [1.807, 2.05) is 12.1 Å². The van der Waals surface area contributed by atoms with Crippen LogP contribution in [0.1, 0.15) is 0 Å². The molecule has 0 bridgehead atoms. The molecule has 4 aromatic carbocycles. The molecular weight excluding hydrogens is 524 g/mol. The number of azo groups is 2. The van der Waals surface area contributed by atoms with Crippen molar-refractivity contribution >= 4 is 65.9 Å². The lowest BCUT2D eigenvalue weighted by Gasteiger charge is -2.05. The zero-order valence-corrected chi connectivity index (χ0v) is 20.8. The van der Waals surface area contributed by atoms with Crippen LogP contribution in [0.15, 0.2) is 93.5 Å². The SMILES string of the molecule is Oc1c(/N=N/c2ncc(-c3cnc(/N=N/c4cc5ccccc5c(O)c4O)s3)s2)cc2ccccc2c1O. The zero-order valence-electron chi connectivity index (χ0n) is 19.2. The molecule has 0 fully saturated rings. The van der Waals surface area contributed by atoms with Crippen LogP contribution in [0.2, 0.25) is 0 Å². The molecular formula is C26H16N6O4S2. The van der Waals surface area contributed by atoms with E-state index >= 15 is 0 Å². The molecule has 0 aliphatic carbocycles. The van der Waals surface area contributed by atoms with Crippen LogP contribution in [0.5, 0.6) is 23.0 Å². The Labute approximate surface area is 222 Å². The molecule has 0 spiro atoms. The Kier molecular flexibility index (Phi) is 5.86. The first kappa shape index (κ1) is 23.5. The molecule has 0 saturated carbocycles. The van der Waals surface area contributed by atoms with Gasteiger partial charge in [-0.1, -0.05) is 71.2 Å². The van der Waals surface area contributed by atoms with Gasteiger partial charge in [-0.05, 0) is 22.9 Å². The van der Waals surface area contributed by atoms with Crippen molar-refractivity contribution in [2.75, 3.05) is 0 Å². The highest BCUT2D eigenvalue weighted by atomic mass is 32.1. The summed E-state index contributed by atoms with van der Waals surface area (Å²) in [5, 5.41) is 60.7. The van der Waals surface area contributed by atoms with Crippen LogP contribution >= 0.6 is 22.7 Å². The number of phenolic OH excluding ortho intramolecular Hbond substituents is 4. The molecule has 0 amide bonds. The van der Waals surface area contributed by atoms with Crippen LogP contribution in [-0.2, 0) is 0 Å². The maximum Gasteiger partial charge on any atom is 0.230 e. The van der Waals surface area contributed by atoms with Crippen molar-refractivity contribution in [1.82, 2.24) is 9.97 Å². The van der Waals surface area contributed by atoms with Gasteiger partial charge in [0.1, 0.15) is 11.4 Å². The average Bonchev–Trinajstić information content (AvgIpc) is 3.61. The van der Waals surface area contributed by atoms with Crippen LogP contribution in [0.4, 0.5) is 21.6 Å². The number of aromatic nitrogens is 2. The molecule has 38 heavy (non-hydrogen) atoms. The molecule has 6 aromatic rings. The Morgan fingerprint density at radius 1 is 0.526 bits per heavy atom. The van der Waals surface area contributed by atoms with Crippen molar-refractivity contribution in [3.05, 3.63) is 73.1 Å². The lowest BCUT2D eigenvalue weighted by Crippen LogP contribution is -1.76. The summed E-state index contributed by atoms with van der Waals surface area (Å²) in [5.41, 5.74) is 0.253. The van der Waals surface area contributed by atoms with Gasteiger partial charge in [0.25, 0.3) is 0 Å². The Hall–Kier alpha value is -4.94. The highest BCUT2D eigenvalue weighted by Gasteiger charge is 2.14. The second kappa shape index (κ2) is 9.50. The van der Waals surface area contributed by atoms with E-state index in [2.05, 4.69) is 30.4 Å². The molecule has 2 aromatic heterocycles. The summed E-state index contributed by atoms with van der Waals surface area (Å²) < 4.78 is 0. The quantitative estimate of drug-likeness (QED) is 0.127. The van der Waals surface area contributed by atoms with Gasteiger partial charge in [-0.3, -0.25) is 0 Å². The molecule has 2 heterocycles. The molecule has 0 aliphatic heterocycles. The van der Waals surface area contributed by atoms with E-state index in [4.69, 9.17) is 0 Å². The zero-order chi connectivity index (χ0) is 26.2. The van der Waals surface area contributed by atoms with Gasteiger partial charge in [-0.15, -0.1) is 20.5 Å². The van der Waals surface area contributed by atoms with Gasteiger partial charge in [-0.25, -0.2) is 9.97 Å². The molecule has 4 N–H and O–H groups in total. The lowest BCUT2D eigenvalue weighted by molar-refractivity contribution is 0.409. The molecule has 0 unspecified atom stereocenters. The minimum Gasteiger partial charge on any atom is -0.504 e. The highest BCUT2D eigenvalue weighted by Crippen LogP contribution is 2.44. The van der Waals surface area contributed by atoms with Gasteiger partial charge in [-0.2, -0.15) is 0 Å². The largest absolute Gasteiger partial charge is 0.504 e. The Bertz CT molecular complexity index is 1760. The van der Waals surface area contributed by atoms with Crippen molar-refractivity contribution in [2.24, 2.45) is 20.5 Å². The van der Waals surface area contributed by atoms with Crippen molar-refractivity contribution in [3.63, 3.8) is 0 Å². The first-order valence-electron chi connectivity index (χ1n) is 11.1. The summed E-state index contributed by atoms with van der Waals surface area (Å²) in [4.78, 5) is 10.1. The number of fused-ring (bicyclic) bond motifs is 2. The monoisotopic (exact) mass is 540 g/mol. The average molecular weight is 541 g/mol. The number of benzene rings is 4. The number of phenols is 4. The Morgan fingerprint density at radius 3 is 1.39 bits per heavy atom. The smallest absolute Gasteiger partial charge is 0.230 e. The number of rotatable bonds is 5. The van der Waals surface area contributed by atoms with Crippen LogP contribution in [0.3, 0.4) is 0 Å². The predicted molar refractivity (Wildman–Crippen MR) is 146 cm³/mol. The van der Waals surface area contributed by atoms with E-state index < -0.39 is 0 Å². The standard InChI is InChI=1S/C26H16N6O4S2/c33-21-15-7-3-1-5-13(15)9-17(23(21)35)29-31-25-27-11-19(37-25)20-12-28-26(38-20)32-30-18-10-14-6-2-4-8-16(14)22(34)24(18)36/h1-12,33-36H/b31-29+,32-30+. The van der Waals surface area contributed by atoms with E-state index in [0.717, 1.165) is 20.5 Å². The second-order valence-electron chi connectivity index (χ2n) is 8.04. The fraction of sp³-hybridized carbons (Fsp3) is 0. The summed E-state index contributed by atoms with van der Waals surface area (Å²) >= 11 is 2.52. The summed E-state index contributed by atoms with van der Waals surface area (Å²) in [6.45, 7) is 0. The highest BCUT2D eigenvalue weighted by molar-refractivity contribution is 7.25. The number of thiazole rings is 2. The van der Waals surface area contributed by atoms with Crippen LogP contribution in [0, 0.1) is 0 Å². The third-order valence-corrected chi connectivity index (χ3v) is 7.63. The molecule has 0 saturated heterocycles. The maximum absolute atomic E-state index is 10.3. The number of nitrogens with zero attached hydrogens (tertiary/aromatic N) is 6. The number of hydrogen-bond donors (Lipinski definition) is 4. The van der Waals surface area contributed by atoms with Gasteiger partial charge < -0.3 is 20.4 Å². The fourth-order valence-corrected chi connectivity index (χ4v) is 5.34.